The number of aromatic nitrogens is 2. The smallest absolute Gasteiger partial charge is 0.322 e. The lowest BCUT2D eigenvalue weighted by atomic mass is 10.1. The molecule has 1 fully saturated rings. The number of aryl methyl sites for hydroxylation is 2. The topological polar surface area (TPSA) is 85.8 Å². The number of carbonyl (C=O) groups is 1. The summed E-state index contributed by atoms with van der Waals surface area (Å²) in [7, 11) is 3.14. The van der Waals surface area contributed by atoms with Crippen molar-refractivity contribution in [3.8, 4) is 17.5 Å². The first-order chi connectivity index (χ1) is 13.5. The summed E-state index contributed by atoms with van der Waals surface area (Å²) in [5, 5.41) is 2.90. The SMILES string of the molecule is COc1ccc(NC(=O)N2CCCC(Oc3nc(C)cc(C)n3)C2)c(OC)c1. The van der Waals surface area contributed by atoms with E-state index in [2.05, 4.69) is 15.3 Å². The molecule has 3 rings (SSSR count). The molecule has 1 aromatic carbocycles. The van der Waals surface area contributed by atoms with E-state index in [0.717, 1.165) is 24.2 Å². The number of likely N-dealkylation sites (tertiary alicyclic amines) is 1. The minimum atomic E-state index is -0.196. The van der Waals surface area contributed by atoms with Crippen molar-refractivity contribution in [3.63, 3.8) is 0 Å². The van der Waals surface area contributed by atoms with Crippen molar-refractivity contribution < 1.29 is 19.0 Å². The maximum absolute atomic E-state index is 12.7. The lowest BCUT2D eigenvalue weighted by Gasteiger charge is -2.32. The molecule has 8 heteroatoms. The lowest BCUT2D eigenvalue weighted by molar-refractivity contribution is 0.0980. The number of anilines is 1. The minimum absolute atomic E-state index is 0.140. The largest absolute Gasteiger partial charge is 0.497 e. The van der Waals surface area contributed by atoms with Gasteiger partial charge in [0.05, 0.1) is 26.5 Å². The van der Waals surface area contributed by atoms with Gasteiger partial charge in [-0.1, -0.05) is 0 Å². The Morgan fingerprint density at radius 1 is 1.14 bits per heavy atom. The maximum atomic E-state index is 12.7. The summed E-state index contributed by atoms with van der Waals surface area (Å²) >= 11 is 0. The average Bonchev–Trinajstić information content (AvgIpc) is 2.67. The summed E-state index contributed by atoms with van der Waals surface area (Å²) in [6.45, 7) is 4.95. The molecule has 1 aliphatic heterocycles. The van der Waals surface area contributed by atoms with E-state index in [1.165, 1.54) is 0 Å². The van der Waals surface area contributed by atoms with Gasteiger partial charge in [0.25, 0.3) is 0 Å². The Morgan fingerprint density at radius 2 is 1.89 bits per heavy atom. The van der Waals surface area contributed by atoms with Crippen LogP contribution in [0.15, 0.2) is 24.3 Å². The van der Waals surface area contributed by atoms with Gasteiger partial charge in [0.15, 0.2) is 0 Å². The van der Waals surface area contributed by atoms with Gasteiger partial charge in [0.1, 0.15) is 17.6 Å². The fourth-order valence-corrected chi connectivity index (χ4v) is 3.21. The number of ether oxygens (including phenoxy) is 3. The predicted molar refractivity (Wildman–Crippen MR) is 105 cm³/mol. The highest BCUT2D eigenvalue weighted by atomic mass is 16.5. The van der Waals surface area contributed by atoms with Crippen molar-refractivity contribution >= 4 is 11.7 Å². The number of methoxy groups -OCH3 is 2. The summed E-state index contributed by atoms with van der Waals surface area (Å²) in [6, 6.07) is 7.33. The van der Waals surface area contributed by atoms with E-state index in [0.29, 0.717) is 36.3 Å². The molecule has 28 heavy (non-hydrogen) atoms. The van der Waals surface area contributed by atoms with E-state index in [1.807, 2.05) is 19.9 Å². The Hall–Kier alpha value is -3.03. The number of urea groups is 1. The molecule has 0 bridgehead atoms. The molecule has 1 atom stereocenters. The van der Waals surface area contributed by atoms with Crippen LogP contribution in [0.4, 0.5) is 10.5 Å². The Bertz CT molecular complexity index is 823. The van der Waals surface area contributed by atoms with E-state index in [9.17, 15) is 4.79 Å². The van der Waals surface area contributed by atoms with Crippen molar-refractivity contribution in [1.82, 2.24) is 14.9 Å². The number of rotatable bonds is 5. The summed E-state index contributed by atoms with van der Waals surface area (Å²) in [5.74, 6) is 1.20. The molecule has 2 heterocycles. The van der Waals surface area contributed by atoms with Crippen LogP contribution in [-0.4, -0.2) is 54.3 Å². The Labute approximate surface area is 164 Å². The van der Waals surface area contributed by atoms with Gasteiger partial charge in [0.2, 0.25) is 0 Å². The van der Waals surface area contributed by atoms with Crippen molar-refractivity contribution in [2.24, 2.45) is 0 Å². The monoisotopic (exact) mass is 386 g/mol. The minimum Gasteiger partial charge on any atom is -0.497 e. The van der Waals surface area contributed by atoms with Crippen molar-refractivity contribution in [2.75, 3.05) is 32.6 Å². The van der Waals surface area contributed by atoms with Crippen molar-refractivity contribution in [3.05, 3.63) is 35.7 Å². The average molecular weight is 386 g/mol. The maximum Gasteiger partial charge on any atom is 0.322 e. The van der Waals surface area contributed by atoms with Gasteiger partial charge in [-0.3, -0.25) is 0 Å². The molecule has 0 aliphatic carbocycles. The number of piperidine rings is 1. The number of carbonyl (C=O) groups excluding carboxylic acids is 1. The molecule has 1 aliphatic rings. The van der Waals surface area contributed by atoms with Crippen molar-refractivity contribution in [1.29, 1.82) is 0 Å². The van der Waals surface area contributed by atoms with Crippen LogP contribution in [0.2, 0.25) is 0 Å². The molecule has 1 aromatic heterocycles. The van der Waals surface area contributed by atoms with Crippen LogP contribution in [0.3, 0.4) is 0 Å². The number of hydrogen-bond acceptors (Lipinski definition) is 6. The molecule has 8 nitrogen and oxygen atoms in total. The highest BCUT2D eigenvalue weighted by Gasteiger charge is 2.26. The molecule has 2 amide bonds. The molecule has 0 spiro atoms. The first-order valence-electron chi connectivity index (χ1n) is 9.25. The first-order valence-corrected chi connectivity index (χ1v) is 9.25. The molecule has 1 saturated heterocycles. The van der Waals surface area contributed by atoms with Crippen LogP contribution in [0.25, 0.3) is 0 Å². The van der Waals surface area contributed by atoms with Gasteiger partial charge < -0.3 is 24.4 Å². The van der Waals surface area contributed by atoms with E-state index in [1.54, 1.807) is 37.3 Å². The number of hydrogen-bond donors (Lipinski definition) is 1. The predicted octanol–water partition coefficient (Wildman–Crippen LogP) is 3.19. The number of benzene rings is 1. The zero-order valence-corrected chi connectivity index (χ0v) is 16.7. The third kappa shape index (κ3) is 4.82. The molecule has 0 saturated carbocycles. The van der Waals surface area contributed by atoms with Crippen LogP contribution < -0.4 is 19.5 Å². The number of nitrogens with one attached hydrogen (secondary N) is 1. The van der Waals surface area contributed by atoms with Crippen LogP contribution in [-0.2, 0) is 0 Å². The molecule has 0 radical (unpaired) electrons. The van der Waals surface area contributed by atoms with Crippen LogP contribution in [0.5, 0.6) is 17.5 Å². The van der Waals surface area contributed by atoms with Crippen LogP contribution in [0.1, 0.15) is 24.2 Å². The van der Waals surface area contributed by atoms with E-state index in [4.69, 9.17) is 14.2 Å². The molecular weight excluding hydrogens is 360 g/mol. The van der Waals surface area contributed by atoms with E-state index < -0.39 is 0 Å². The van der Waals surface area contributed by atoms with Gasteiger partial charge >= 0.3 is 12.0 Å². The molecule has 2 aromatic rings. The highest BCUT2D eigenvalue weighted by molar-refractivity contribution is 5.91. The summed E-state index contributed by atoms with van der Waals surface area (Å²) in [5.41, 5.74) is 2.31. The Kier molecular flexibility index (Phi) is 6.18. The van der Waals surface area contributed by atoms with Crippen LogP contribution >= 0.6 is 0 Å². The van der Waals surface area contributed by atoms with Gasteiger partial charge in [0, 0.05) is 24.0 Å². The number of amides is 2. The molecule has 150 valence electrons. The van der Waals surface area contributed by atoms with Gasteiger partial charge in [-0.15, -0.1) is 0 Å². The highest BCUT2D eigenvalue weighted by Crippen LogP contribution is 2.29. The third-order valence-electron chi connectivity index (χ3n) is 4.55. The second kappa shape index (κ2) is 8.77. The molecule has 1 unspecified atom stereocenters. The zero-order valence-electron chi connectivity index (χ0n) is 16.7. The summed E-state index contributed by atoms with van der Waals surface area (Å²) < 4.78 is 16.5. The second-order valence-corrected chi connectivity index (χ2v) is 6.76. The van der Waals surface area contributed by atoms with Gasteiger partial charge in [-0.2, -0.15) is 0 Å². The molecular formula is C20H26N4O4. The third-order valence-corrected chi connectivity index (χ3v) is 4.55. The second-order valence-electron chi connectivity index (χ2n) is 6.76. The Morgan fingerprint density at radius 3 is 2.57 bits per heavy atom. The zero-order chi connectivity index (χ0) is 20.1. The van der Waals surface area contributed by atoms with Gasteiger partial charge in [-0.05, 0) is 44.9 Å². The first kappa shape index (κ1) is 19.7. The van der Waals surface area contributed by atoms with Crippen LogP contribution in [0, 0.1) is 13.8 Å². The normalized spacial score (nSPS) is 16.4. The molecule has 1 N–H and O–H groups in total. The quantitative estimate of drug-likeness (QED) is 0.849. The van der Waals surface area contributed by atoms with E-state index >= 15 is 0 Å². The summed E-state index contributed by atoms with van der Waals surface area (Å²) in [4.78, 5) is 23.1. The van der Waals surface area contributed by atoms with E-state index in [-0.39, 0.29) is 12.1 Å². The summed E-state index contributed by atoms with van der Waals surface area (Å²) in [6.07, 6.45) is 1.56. The number of nitrogens with zero attached hydrogens (tertiary/aromatic N) is 3. The Balaban J connectivity index is 1.64. The van der Waals surface area contributed by atoms with Gasteiger partial charge in [-0.25, -0.2) is 14.8 Å². The van der Waals surface area contributed by atoms with Crippen molar-refractivity contribution in [2.45, 2.75) is 32.8 Å². The standard InChI is InChI=1S/C20H26N4O4/c1-13-10-14(2)22-19(21-13)28-16-6-5-9-24(12-16)20(25)23-17-8-7-15(26-3)11-18(17)27-4/h7-8,10-11,16H,5-6,9,12H2,1-4H3,(H,23,25). The fourth-order valence-electron chi connectivity index (χ4n) is 3.21. The fraction of sp³-hybridized carbons (Fsp3) is 0.450. The lowest BCUT2D eigenvalue weighted by Crippen LogP contribution is -2.46.